The number of hydrogen-bond donors (Lipinski definition) is 2. The van der Waals surface area contributed by atoms with Crippen molar-refractivity contribution in [3.05, 3.63) is 48.3 Å². The van der Waals surface area contributed by atoms with E-state index in [0.717, 1.165) is 13.1 Å². The molecule has 2 N–H and O–H groups in total. The number of amides is 1. The Hall–Kier alpha value is -2.76. The maximum Gasteiger partial charge on any atom is 0.355 e. The highest BCUT2D eigenvalue weighted by atomic mass is 16.5. The Balaban J connectivity index is 1.54. The fourth-order valence-corrected chi connectivity index (χ4v) is 2.89. The van der Waals surface area contributed by atoms with Crippen molar-refractivity contribution < 1.29 is 14.3 Å². The van der Waals surface area contributed by atoms with Crippen LogP contribution in [-0.2, 0) is 9.53 Å². The molecule has 0 unspecified atom stereocenters. The molecule has 2 heterocycles. The highest BCUT2D eigenvalue weighted by molar-refractivity contribution is 5.96. The molecule has 0 radical (unpaired) electrons. The lowest BCUT2D eigenvalue weighted by molar-refractivity contribution is -0.123. The summed E-state index contributed by atoms with van der Waals surface area (Å²) in [6.45, 7) is 3.72. The fourth-order valence-electron chi connectivity index (χ4n) is 2.89. The van der Waals surface area contributed by atoms with E-state index in [4.69, 9.17) is 4.74 Å². The Kier molecular flexibility index (Phi) is 5.38. The third-order valence-electron chi connectivity index (χ3n) is 4.33. The maximum atomic E-state index is 12.2. The van der Waals surface area contributed by atoms with E-state index in [1.165, 1.54) is 24.9 Å². The van der Waals surface area contributed by atoms with Crippen molar-refractivity contribution in [1.82, 2.24) is 4.98 Å². The summed E-state index contributed by atoms with van der Waals surface area (Å²) < 4.78 is 5.16. The van der Waals surface area contributed by atoms with Gasteiger partial charge in [0.25, 0.3) is 5.91 Å². The van der Waals surface area contributed by atoms with Gasteiger partial charge in [-0.2, -0.15) is 0 Å². The van der Waals surface area contributed by atoms with Crippen LogP contribution in [-0.4, -0.2) is 36.1 Å². The molecule has 1 amide bonds. The molecule has 1 aromatic heterocycles. The van der Waals surface area contributed by atoms with E-state index in [9.17, 15) is 9.59 Å². The minimum atomic E-state index is -0.877. The molecule has 132 valence electrons. The Labute approximate surface area is 147 Å². The number of piperidine rings is 1. The number of nitrogens with one attached hydrogen (secondary N) is 2. The Bertz CT molecular complexity index is 704. The highest BCUT2D eigenvalue weighted by Gasteiger charge is 2.19. The van der Waals surface area contributed by atoms with E-state index in [-0.39, 0.29) is 5.91 Å². The van der Waals surface area contributed by atoms with Crippen LogP contribution in [0.15, 0.2) is 42.6 Å². The third-order valence-corrected chi connectivity index (χ3v) is 4.33. The first-order chi connectivity index (χ1) is 12.1. The first-order valence-corrected chi connectivity index (χ1v) is 8.64. The average Bonchev–Trinajstić information content (AvgIpc) is 3.18. The van der Waals surface area contributed by atoms with Gasteiger partial charge in [-0.25, -0.2) is 4.79 Å². The summed E-state index contributed by atoms with van der Waals surface area (Å²) in [5.74, 6) is -0.904. The van der Waals surface area contributed by atoms with Gasteiger partial charge in [0.05, 0.1) is 0 Å². The molecule has 6 heteroatoms. The summed E-state index contributed by atoms with van der Waals surface area (Å²) in [7, 11) is 0. The van der Waals surface area contributed by atoms with E-state index >= 15 is 0 Å². The van der Waals surface area contributed by atoms with Gasteiger partial charge in [-0.3, -0.25) is 4.79 Å². The van der Waals surface area contributed by atoms with Crippen molar-refractivity contribution in [2.45, 2.75) is 32.3 Å². The smallest absolute Gasteiger partial charge is 0.355 e. The number of hydrogen-bond acceptors (Lipinski definition) is 4. The van der Waals surface area contributed by atoms with E-state index < -0.39 is 12.1 Å². The average molecular weight is 341 g/mol. The molecule has 1 aliphatic rings. The molecule has 0 spiro atoms. The van der Waals surface area contributed by atoms with Crippen molar-refractivity contribution in [3.8, 4) is 0 Å². The quantitative estimate of drug-likeness (QED) is 0.819. The zero-order valence-electron chi connectivity index (χ0n) is 14.3. The lowest BCUT2D eigenvalue weighted by Gasteiger charge is -2.28. The molecule has 1 aliphatic heterocycles. The zero-order chi connectivity index (χ0) is 17.6. The molecule has 0 aliphatic carbocycles. The van der Waals surface area contributed by atoms with Gasteiger partial charge >= 0.3 is 5.97 Å². The SMILES string of the molecule is C[C@@H](OC(=O)c1ccc[nH]1)C(=O)Nc1ccc(N2CCCCC2)cc1. The van der Waals surface area contributed by atoms with Gasteiger partial charge in [-0.1, -0.05) is 0 Å². The number of carbonyl (C=O) groups is 2. The van der Waals surface area contributed by atoms with Gasteiger partial charge in [0, 0.05) is 30.7 Å². The van der Waals surface area contributed by atoms with Crippen molar-refractivity contribution in [1.29, 1.82) is 0 Å². The largest absolute Gasteiger partial charge is 0.448 e. The molecule has 25 heavy (non-hydrogen) atoms. The number of nitrogens with zero attached hydrogens (tertiary/aromatic N) is 1. The van der Waals surface area contributed by atoms with Crippen molar-refractivity contribution in [3.63, 3.8) is 0 Å². The van der Waals surface area contributed by atoms with Crippen LogP contribution in [0.1, 0.15) is 36.7 Å². The number of anilines is 2. The van der Waals surface area contributed by atoms with Crippen molar-refractivity contribution in [2.24, 2.45) is 0 Å². The van der Waals surface area contributed by atoms with Crippen LogP contribution in [0.4, 0.5) is 11.4 Å². The number of ether oxygens (including phenoxy) is 1. The number of carbonyl (C=O) groups excluding carboxylic acids is 2. The second kappa shape index (κ2) is 7.88. The lowest BCUT2D eigenvalue weighted by atomic mass is 10.1. The van der Waals surface area contributed by atoms with E-state index in [2.05, 4.69) is 15.2 Å². The van der Waals surface area contributed by atoms with Crippen LogP contribution in [0.25, 0.3) is 0 Å². The standard InChI is InChI=1S/C19H23N3O3/c1-14(25-19(24)17-6-5-11-20-17)18(23)21-15-7-9-16(10-8-15)22-12-3-2-4-13-22/h5-11,14,20H,2-4,12-13H2,1H3,(H,21,23)/t14-/m1/s1. The lowest BCUT2D eigenvalue weighted by Crippen LogP contribution is -2.30. The first-order valence-electron chi connectivity index (χ1n) is 8.64. The Morgan fingerprint density at radius 3 is 2.48 bits per heavy atom. The molecular weight excluding hydrogens is 318 g/mol. The van der Waals surface area contributed by atoms with Gasteiger partial charge in [-0.15, -0.1) is 0 Å². The summed E-state index contributed by atoms with van der Waals surface area (Å²) in [6.07, 6.45) is 4.50. The van der Waals surface area contributed by atoms with Gasteiger partial charge in [-0.05, 0) is 62.6 Å². The minimum Gasteiger partial charge on any atom is -0.448 e. The Morgan fingerprint density at radius 1 is 1.12 bits per heavy atom. The summed E-state index contributed by atoms with van der Waals surface area (Å²) in [5, 5.41) is 2.78. The van der Waals surface area contributed by atoms with Crippen molar-refractivity contribution in [2.75, 3.05) is 23.3 Å². The van der Waals surface area contributed by atoms with Gasteiger partial charge < -0.3 is 19.9 Å². The molecule has 6 nitrogen and oxygen atoms in total. The summed E-state index contributed by atoms with van der Waals surface area (Å²) in [6, 6.07) is 11.1. The maximum absolute atomic E-state index is 12.2. The first kappa shape index (κ1) is 17.1. The van der Waals surface area contributed by atoms with Crippen LogP contribution in [0, 0.1) is 0 Å². The molecule has 3 rings (SSSR count). The molecule has 2 aromatic rings. The number of benzene rings is 1. The molecule has 1 aromatic carbocycles. The molecule has 1 saturated heterocycles. The zero-order valence-corrected chi connectivity index (χ0v) is 14.3. The van der Waals surface area contributed by atoms with Crippen LogP contribution < -0.4 is 10.2 Å². The van der Waals surface area contributed by atoms with E-state index in [1.807, 2.05) is 24.3 Å². The monoisotopic (exact) mass is 341 g/mol. The Morgan fingerprint density at radius 2 is 1.84 bits per heavy atom. The normalized spacial score (nSPS) is 15.5. The summed E-state index contributed by atoms with van der Waals surface area (Å²) >= 11 is 0. The van der Waals surface area contributed by atoms with E-state index in [0.29, 0.717) is 11.4 Å². The highest BCUT2D eigenvalue weighted by Crippen LogP contribution is 2.22. The molecule has 1 atom stereocenters. The van der Waals surface area contributed by atoms with Crippen LogP contribution in [0.3, 0.4) is 0 Å². The predicted molar refractivity (Wildman–Crippen MR) is 96.8 cm³/mol. The number of esters is 1. The van der Waals surface area contributed by atoms with Crippen molar-refractivity contribution >= 4 is 23.3 Å². The van der Waals surface area contributed by atoms with Crippen LogP contribution in [0.2, 0.25) is 0 Å². The molecule has 0 bridgehead atoms. The van der Waals surface area contributed by atoms with Crippen LogP contribution >= 0.6 is 0 Å². The molecule has 1 fully saturated rings. The molecule has 0 saturated carbocycles. The molecular formula is C19H23N3O3. The second-order valence-electron chi connectivity index (χ2n) is 6.22. The summed E-state index contributed by atoms with van der Waals surface area (Å²) in [4.78, 5) is 29.2. The number of H-pyrrole nitrogens is 1. The number of aromatic nitrogens is 1. The predicted octanol–water partition coefficient (Wildman–Crippen LogP) is 3.19. The van der Waals surface area contributed by atoms with Gasteiger partial charge in [0.1, 0.15) is 5.69 Å². The number of rotatable bonds is 5. The number of aromatic amines is 1. The summed E-state index contributed by atoms with van der Waals surface area (Å²) in [5.41, 5.74) is 2.18. The van der Waals surface area contributed by atoms with Gasteiger partial charge in [0.15, 0.2) is 6.10 Å². The fraction of sp³-hybridized carbons (Fsp3) is 0.368. The van der Waals surface area contributed by atoms with E-state index in [1.54, 1.807) is 25.3 Å². The van der Waals surface area contributed by atoms with Crippen LogP contribution in [0.5, 0.6) is 0 Å². The minimum absolute atomic E-state index is 0.325. The third kappa shape index (κ3) is 4.41. The topological polar surface area (TPSA) is 74.4 Å². The van der Waals surface area contributed by atoms with Gasteiger partial charge in [0.2, 0.25) is 0 Å². The second-order valence-corrected chi connectivity index (χ2v) is 6.22.